The van der Waals surface area contributed by atoms with Crippen LogP contribution >= 0.6 is 15.9 Å². The Morgan fingerprint density at radius 3 is 2.16 bits per heavy atom. The van der Waals surface area contributed by atoms with Crippen LogP contribution in [0.15, 0.2) is 65.4 Å². The SMILES string of the molecule is CCc1ccc(Nc2ncc(C(=O)Nc3ccc(Br)cc3)cn2)cc1. The van der Waals surface area contributed by atoms with Gasteiger partial charge >= 0.3 is 0 Å². The predicted molar refractivity (Wildman–Crippen MR) is 103 cm³/mol. The average Bonchev–Trinajstić information content (AvgIpc) is 2.65. The van der Waals surface area contributed by atoms with Crippen LogP contribution in [-0.2, 0) is 6.42 Å². The van der Waals surface area contributed by atoms with Crippen molar-refractivity contribution in [1.82, 2.24) is 9.97 Å². The molecule has 2 aromatic carbocycles. The standard InChI is InChI=1S/C19H17BrN4O/c1-2-13-3-7-17(8-4-13)24-19-21-11-14(12-22-19)18(25)23-16-9-5-15(20)6-10-16/h3-12H,2H2,1H3,(H,23,25)(H,21,22,24). The Hall–Kier alpha value is -2.73. The molecule has 1 amide bonds. The molecule has 1 heterocycles. The van der Waals surface area contributed by atoms with E-state index >= 15 is 0 Å². The fraction of sp³-hybridized carbons (Fsp3) is 0.105. The van der Waals surface area contributed by atoms with Crippen LogP contribution in [-0.4, -0.2) is 15.9 Å². The van der Waals surface area contributed by atoms with Gasteiger partial charge in [0, 0.05) is 28.2 Å². The second kappa shape index (κ2) is 7.90. The first-order valence-electron chi connectivity index (χ1n) is 7.89. The number of benzene rings is 2. The summed E-state index contributed by atoms with van der Waals surface area (Å²) >= 11 is 3.36. The van der Waals surface area contributed by atoms with Gasteiger partial charge in [0.2, 0.25) is 5.95 Å². The number of rotatable bonds is 5. The molecule has 0 aliphatic heterocycles. The zero-order valence-electron chi connectivity index (χ0n) is 13.7. The maximum atomic E-state index is 12.2. The normalized spacial score (nSPS) is 10.3. The van der Waals surface area contributed by atoms with Gasteiger partial charge < -0.3 is 10.6 Å². The van der Waals surface area contributed by atoms with Gasteiger partial charge in [-0.1, -0.05) is 35.0 Å². The number of amides is 1. The van der Waals surface area contributed by atoms with E-state index in [4.69, 9.17) is 0 Å². The summed E-state index contributed by atoms with van der Waals surface area (Å²) in [5.74, 6) is 0.200. The molecule has 126 valence electrons. The minimum Gasteiger partial charge on any atom is -0.324 e. The van der Waals surface area contributed by atoms with Gasteiger partial charge in [0.1, 0.15) is 0 Å². The van der Waals surface area contributed by atoms with Crippen molar-refractivity contribution < 1.29 is 4.79 Å². The summed E-state index contributed by atoms with van der Waals surface area (Å²) < 4.78 is 0.955. The molecule has 0 aliphatic rings. The van der Waals surface area contributed by atoms with Gasteiger partial charge in [0.15, 0.2) is 0 Å². The van der Waals surface area contributed by atoms with E-state index in [0.717, 1.165) is 16.6 Å². The van der Waals surface area contributed by atoms with Crippen LogP contribution in [0.2, 0.25) is 0 Å². The second-order valence-corrected chi connectivity index (χ2v) is 6.35. The van der Waals surface area contributed by atoms with Crippen LogP contribution in [0.4, 0.5) is 17.3 Å². The number of hydrogen-bond donors (Lipinski definition) is 2. The van der Waals surface area contributed by atoms with Crippen molar-refractivity contribution in [1.29, 1.82) is 0 Å². The van der Waals surface area contributed by atoms with E-state index < -0.39 is 0 Å². The molecule has 0 saturated heterocycles. The molecule has 0 bridgehead atoms. The van der Waals surface area contributed by atoms with Crippen molar-refractivity contribution >= 4 is 39.2 Å². The van der Waals surface area contributed by atoms with Gasteiger partial charge in [-0.15, -0.1) is 0 Å². The fourth-order valence-corrected chi connectivity index (χ4v) is 2.46. The molecule has 0 atom stereocenters. The van der Waals surface area contributed by atoms with E-state index in [1.54, 1.807) is 0 Å². The molecular formula is C19H17BrN4O. The van der Waals surface area contributed by atoms with Crippen molar-refractivity contribution in [3.8, 4) is 0 Å². The van der Waals surface area contributed by atoms with Gasteiger partial charge in [0.25, 0.3) is 5.91 Å². The predicted octanol–water partition coefficient (Wildman–Crippen LogP) is 4.80. The lowest BCUT2D eigenvalue weighted by Crippen LogP contribution is -2.13. The first-order valence-corrected chi connectivity index (χ1v) is 8.68. The van der Waals surface area contributed by atoms with Crippen molar-refractivity contribution in [2.24, 2.45) is 0 Å². The number of carbonyl (C=O) groups excluding carboxylic acids is 1. The molecule has 3 aromatic rings. The summed E-state index contributed by atoms with van der Waals surface area (Å²) in [6.07, 6.45) is 4.01. The summed E-state index contributed by atoms with van der Waals surface area (Å²) in [6.45, 7) is 2.11. The van der Waals surface area contributed by atoms with Gasteiger partial charge in [-0.05, 0) is 48.4 Å². The summed E-state index contributed by atoms with van der Waals surface area (Å²) in [5, 5.41) is 5.93. The molecule has 0 saturated carbocycles. The molecular weight excluding hydrogens is 380 g/mol. The summed E-state index contributed by atoms with van der Waals surface area (Å²) in [7, 11) is 0. The monoisotopic (exact) mass is 396 g/mol. The molecule has 0 aliphatic carbocycles. The smallest absolute Gasteiger partial charge is 0.258 e. The summed E-state index contributed by atoms with van der Waals surface area (Å²) in [6, 6.07) is 15.4. The first kappa shape index (κ1) is 17.1. The lowest BCUT2D eigenvalue weighted by Gasteiger charge is -2.07. The van der Waals surface area contributed by atoms with Crippen LogP contribution in [0.1, 0.15) is 22.8 Å². The molecule has 0 spiro atoms. The molecule has 2 N–H and O–H groups in total. The van der Waals surface area contributed by atoms with Crippen molar-refractivity contribution in [2.75, 3.05) is 10.6 Å². The first-order chi connectivity index (χ1) is 12.1. The lowest BCUT2D eigenvalue weighted by molar-refractivity contribution is 0.102. The van der Waals surface area contributed by atoms with Crippen LogP contribution in [0.25, 0.3) is 0 Å². The van der Waals surface area contributed by atoms with Gasteiger partial charge in [-0.3, -0.25) is 4.79 Å². The highest BCUT2D eigenvalue weighted by atomic mass is 79.9. The quantitative estimate of drug-likeness (QED) is 0.649. The fourth-order valence-electron chi connectivity index (χ4n) is 2.20. The van der Waals surface area contributed by atoms with E-state index in [1.165, 1.54) is 18.0 Å². The molecule has 0 unspecified atom stereocenters. The number of hydrogen-bond acceptors (Lipinski definition) is 4. The maximum Gasteiger partial charge on any atom is 0.258 e. The van der Waals surface area contributed by atoms with Crippen molar-refractivity contribution in [3.63, 3.8) is 0 Å². The van der Waals surface area contributed by atoms with Crippen molar-refractivity contribution in [2.45, 2.75) is 13.3 Å². The number of aryl methyl sites for hydroxylation is 1. The highest BCUT2D eigenvalue weighted by Crippen LogP contribution is 2.16. The Morgan fingerprint density at radius 1 is 0.960 bits per heavy atom. The number of aromatic nitrogens is 2. The second-order valence-electron chi connectivity index (χ2n) is 5.43. The van der Waals surface area contributed by atoms with E-state index in [-0.39, 0.29) is 5.91 Å². The van der Waals surface area contributed by atoms with Crippen LogP contribution in [0.5, 0.6) is 0 Å². The number of carbonyl (C=O) groups is 1. The van der Waals surface area contributed by atoms with E-state index in [0.29, 0.717) is 17.2 Å². The van der Waals surface area contributed by atoms with Gasteiger partial charge in [-0.25, -0.2) is 9.97 Å². The third-order valence-corrected chi connectivity index (χ3v) is 4.16. The zero-order valence-corrected chi connectivity index (χ0v) is 15.2. The number of nitrogens with zero attached hydrogens (tertiary/aromatic N) is 2. The topological polar surface area (TPSA) is 66.9 Å². The molecule has 0 fully saturated rings. The van der Waals surface area contributed by atoms with E-state index in [2.05, 4.69) is 55.6 Å². The Labute approximate surface area is 154 Å². The lowest BCUT2D eigenvalue weighted by atomic mass is 10.1. The van der Waals surface area contributed by atoms with E-state index in [9.17, 15) is 4.79 Å². The summed E-state index contributed by atoms with van der Waals surface area (Å²) in [5.41, 5.74) is 3.29. The van der Waals surface area contributed by atoms with Gasteiger partial charge in [0.05, 0.1) is 5.56 Å². The molecule has 0 radical (unpaired) electrons. The van der Waals surface area contributed by atoms with Crippen LogP contribution in [0, 0.1) is 0 Å². The van der Waals surface area contributed by atoms with Gasteiger partial charge in [-0.2, -0.15) is 0 Å². The third-order valence-electron chi connectivity index (χ3n) is 3.63. The maximum absolute atomic E-state index is 12.2. The van der Waals surface area contributed by atoms with Crippen LogP contribution < -0.4 is 10.6 Å². The third kappa shape index (κ3) is 4.64. The molecule has 3 rings (SSSR count). The Bertz CT molecular complexity index is 846. The highest BCUT2D eigenvalue weighted by Gasteiger charge is 2.08. The van der Waals surface area contributed by atoms with Crippen molar-refractivity contribution in [3.05, 3.63) is 76.5 Å². The largest absolute Gasteiger partial charge is 0.324 e. The number of nitrogens with one attached hydrogen (secondary N) is 2. The number of halogens is 1. The summed E-state index contributed by atoms with van der Waals surface area (Å²) in [4.78, 5) is 20.6. The molecule has 6 heteroatoms. The number of anilines is 3. The minimum absolute atomic E-state index is 0.249. The Balaban J connectivity index is 1.64. The van der Waals surface area contributed by atoms with Crippen LogP contribution in [0.3, 0.4) is 0 Å². The van der Waals surface area contributed by atoms with E-state index in [1.807, 2.05) is 36.4 Å². The minimum atomic E-state index is -0.249. The average molecular weight is 397 g/mol. The molecule has 5 nitrogen and oxygen atoms in total. The highest BCUT2D eigenvalue weighted by molar-refractivity contribution is 9.10. The Kier molecular flexibility index (Phi) is 5.40. The molecule has 25 heavy (non-hydrogen) atoms. The molecule has 1 aromatic heterocycles. The zero-order chi connectivity index (χ0) is 17.6. The Morgan fingerprint density at radius 2 is 1.56 bits per heavy atom.